The highest BCUT2D eigenvalue weighted by Gasteiger charge is 2.51. The van der Waals surface area contributed by atoms with Gasteiger partial charge in [0.1, 0.15) is 18.6 Å². The van der Waals surface area contributed by atoms with E-state index in [0.29, 0.717) is 5.82 Å². The molecule has 0 aliphatic carbocycles. The van der Waals surface area contributed by atoms with Crippen LogP contribution in [0.25, 0.3) is 17.1 Å². The number of rotatable bonds is 9. The molecule has 10 nitrogen and oxygen atoms in total. The molecule has 1 fully saturated rings. The van der Waals surface area contributed by atoms with Crippen molar-refractivity contribution >= 4 is 17.5 Å². The summed E-state index contributed by atoms with van der Waals surface area (Å²) in [6, 6.07) is 22.0. The van der Waals surface area contributed by atoms with E-state index in [9.17, 15) is 9.59 Å². The summed E-state index contributed by atoms with van der Waals surface area (Å²) in [5, 5.41) is 7.65. The van der Waals surface area contributed by atoms with Gasteiger partial charge >= 0.3 is 11.7 Å². The molecule has 4 aromatic rings. The van der Waals surface area contributed by atoms with Gasteiger partial charge in [0, 0.05) is 43.2 Å². The first-order chi connectivity index (χ1) is 20.5. The fourth-order valence-corrected chi connectivity index (χ4v) is 5.45. The number of nitrogens with one attached hydrogen (secondary N) is 1. The van der Waals surface area contributed by atoms with Gasteiger partial charge in [-0.05, 0) is 55.2 Å². The average Bonchev–Trinajstić information content (AvgIpc) is 3.74. The molecule has 1 atom stereocenters. The van der Waals surface area contributed by atoms with Gasteiger partial charge in [0.2, 0.25) is 0 Å². The molecule has 10 heteroatoms. The largest absolute Gasteiger partial charge is 0.447 e. The number of anilines is 1. The van der Waals surface area contributed by atoms with Crippen LogP contribution in [0.3, 0.4) is 0 Å². The van der Waals surface area contributed by atoms with Crippen LogP contribution in [0.4, 0.5) is 5.69 Å². The number of piperidine rings is 1. The Morgan fingerprint density at radius 2 is 1.67 bits per heavy atom. The Bertz CT molecular complexity index is 1570. The van der Waals surface area contributed by atoms with Crippen molar-refractivity contribution in [2.75, 3.05) is 18.0 Å². The molecule has 214 valence electrons. The third-order valence-electron chi connectivity index (χ3n) is 7.65. The second kappa shape index (κ2) is 11.8. The van der Waals surface area contributed by atoms with Gasteiger partial charge in [0.05, 0.1) is 11.3 Å². The number of nitrogens with zero attached hydrogens (tertiary/aromatic N) is 4. The monoisotopic (exact) mass is 564 g/mol. The van der Waals surface area contributed by atoms with Crippen LogP contribution >= 0.6 is 0 Å². The van der Waals surface area contributed by atoms with Gasteiger partial charge in [0.25, 0.3) is 5.91 Å². The number of carbonyl (C=O) groups excluding carboxylic acids is 2. The van der Waals surface area contributed by atoms with Gasteiger partial charge in [-0.3, -0.25) is 9.59 Å². The number of primary amides is 1. The van der Waals surface area contributed by atoms with E-state index in [-0.39, 0.29) is 12.0 Å². The van der Waals surface area contributed by atoms with Crippen LogP contribution in [0, 0.1) is 0 Å². The molecule has 1 unspecified atom stereocenters. The van der Waals surface area contributed by atoms with Crippen LogP contribution in [0.2, 0.25) is 0 Å². The summed E-state index contributed by atoms with van der Waals surface area (Å²) < 4.78 is 12.7. The van der Waals surface area contributed by atoms with Gasteiger partial charge in [-0.15, -0.1) is 0 Å². The maximum Gasteiger partial charge on any atom is 0.352 e. The molecule has 4 heterocycles. The van der Waals surface area contributed by atoms with Crippen LogP contribution in [-0.4, -0.2) is 51.5 Å². The molecule has 6 rings (SSSR count). The Labute approximate surface area is 243 Å². The minimum atomic E-state index is -1.90. The summed E-state index contributed by atoms with van der Waals surface area (Å²) in [5.41, 5.74) is 9.77. The molecule has 0 radical (unpaired) electrons. The Balaban J connectivity index is 1.25. The van der Waals surface area contributed by atoms with Crippen molar-refractivity contribution in [3.8, 4) is 17.1 Å². The van der Waals surface area contributed by atoms with Crippen molar-refractivity contribution in [1.82, 2.24) is 20.1 Å². The van der Waals surface area contributed by atoms with Crippen LogP contribution in [-0.2, 0) is 20.7 Å². The first-order valence-electron chi connectivity index (χ1n) is 14.1. The summed E-state index contributed by atoms with van der Waals surface area (Å²) in [6.07, 6.45) is 9.82. The number of amides is 2. The topological polar surface area (TPSA) is 125 Å². The second-order valence-corrected chi connectivity index (χ2v) is 10.4. The highest BCUT2D eigenvalue weighted by atomic mass is 16.7. The molecule has 0 spiro atoms. The minimum absolute atomic E-state index is 0.228. The summed E-state index contributed by atoms with van der Waals surface area (Å²) in [5.74, 6) is -2.90. The molecule has 42 heavy (non-hydrogen) atoms. The van der Waals surface area contributed by atoms with Crippen molar-refractivity contribution in [2.24, 2.45) is 5.73 Å². The summed E-state index contributed by atoms with van der Waals surface area (Å²) in [7, 11) is 0. The molecule has 3 N–H and O–H groups in total. The molecule has 0 bridgehead atoms. The Morgan fingerprint density at radius 3 is 2.38 bits per heavy atom. The number of carbonyl (C=O) groups is 2. The third kappa shape index (κ3) is 5.43. The molecule has 2 aromatic heterocycles. The fourth-order valence-electron chi connectivity index (χ4n) is 5.45. The lowest BCUT2D eigenvalue weighted by molar-refractivity contribution is -0.182. The average molecular weight is 565 g/mol. The van der Waals surface area contributed by atoms with Crippen LogP contribution in [0.5, 0.6) is 0 Å². The standard InChI is InChI=1S/C32H32N6O4/c33-31(40)32(41-20-21-42-32)28(22-23-8-3-1-4-9-23)35-30(39)26-10-7-16-34-29(26)38-19-15-27(36-38)24-11-13-25(14-12-24)37-17-5-2-6-18-37/h1,3-4,7-16,19-21,28H,2,5-6,17-18,22H2,(H2,33,40)(H,35,39). The highest BCUT2D eigenvalue weighted by molar-refractivity contribution is 5.98. The van der Waals surface area contributed by atoms with Crippen LogP contribution < -0.4 is 16.0 Å². The van der Waals surface area contributed by atoms with Crippen molar-refractivity contribution < 1.29 is 19.1 Å². The lowest BCUT2D eigenvalue weighted by atomic mass is 9.97. The molecular formula is C32H32N6O4. The van der Waals surface area contributed by atoms with Crippen molar-refractivity contribution in [1.29, 1.82) is 0 Å². The van der Waals surface area contributed by atoms with E-state index in [2.05, 4.69) is 39.5 Å². The normalized spacial score (nSPS) is 16.3. The SMILES string of the molecule is NC(=O)C1(C(Cc2ccccc2)NC(=O)c2cccnc2-n2ccc(-c3ccc(N4CCCCC4)cc3)n2)OC=CO1. The molecule has 2 aliphatic heterocycles. The van der Waals surface area contributed by atoms with Gasteiger partial charge in [-0.25, -0.2) is 9.67 Å². The molecular weight excluding hydrogens is 532 g/mol. The van der Waals surface area contributed by atoms with E-state index in [4.69, 9.17) is 20.3 Å². The zero-order valence-corrected chi connectivity index (χ0v) is 23.1. The number of benzene rings is 2. The smallest absolute Gasteiger partial charge is 0.352 e. The molecule has 1 saturated heterocycles. The van der Waals surface area contributed by atoms with Crippen molar-refractivity contribution in [3.63, 3.8) is 0 Å². The van der Waals surface area contributed by atoms with Gasteiger partial charge in [0.15, 0.2) is 5.82 Å². The van der Waals surface area contributed by atoms with Gasteiger partial charge in [-0.1, -0.05) is 42.5 Å². The van der Waals surface area contributed by atoms with Gasteiger partial charge in [-0.2, -0.15) is 5.10 Å². The maximum absolute atomic E-state index is 13.7. The number of hydrogen-bond acceptors (Lipinski definition) is 7. The molecule has 2 aliphatic rings. The minimum Gasteiger partial charge on any atom is -0.447 e. The number of hydrogen-bond donors (Lipinski definition) is 2. The summed E-state index contributed by atoms with van der Waals surface area (Å²) in [6.45, 7) is 2.17. The zero-order chi connectivity index (χ0) is 28.9. The van der Waals surface area contributed by atoms with Gasteiger partial charge < -0.3 is 25.4 Å². The number of nitrogens with two attached hydrogens (primary N) is 1. The number of ether oxygens (including phenoxy) is 2. The third-order valence-corrected chi connectivity index (χ3v) is 7.65. The van der Waals surface area contributed by atoms with E-state index in [0.717, 1.165) is 29.9 Å². The van der Waals surface area contributed by atoms with Crippen molar-refractivity contribution in [2.45, 2.75) is 37.5 Å². The number of pyridine rings is 1. The van der Waals surface area contributed by atoms with Crippen LogP contribution in [0.1, 0.15) is 35.2 Å². The molecule has 2 aromatic carbocycles. The maximum atomic E-state index is 13.7. The van der Waals surface area contributed by atoms with E-state index in [1.165, 1.54) is 37.5 Å². The van der Waals surface area contributed by atoms with E-state index >= 15 is 0 Å². The lowest BCUT2D eigenvalue weighted by Gasteiger charge is -2.33. The first kappa shape index (κ1) is 27.1. The fraction of sp³-hybridized carbons (Fsp3) is 0.250. The number of aromatic nitrogens is 3. The Hall–Kier alpha value is -5.12. The van der Waals surface area contributed by atoms with E-state index in [1.807, 2.05) is 36.4 Å². The van der Waals surface area contributed by atoms with E-state index < -0.39 is 23.6 Å². The summed E-state index contributed by atoms with van der Waals surface area (Å²) in [4.78, 5) is 33.2. The molecule has 2 amide bonds. The Morgan fingerprint density at radius 1 is 0.929 bits per heavy atom. The first-order valence-corrected chi connectivity index (χ1v) is 14.1. The lowest BCUT2D eigenvalue weighted by Crippen LogP contribution is -2.61. The second-order valence-electron chi connectivity index (χ2n) is 10.4. The summed E-state index contributed by atoms with van der Waals surface area (Å²) >= 11 is 0. The van der Waals surface area contributed by atoms with Crippen molar-refractivity contribution in [3.05, 3.63) is 109 Å². The Kier molecular flexibility index (Phi) is 7.59. The highest BCUT2D eigenvalue weighted by Crippen LogP contribution is 2.28. The quantitative estimate of drug-likeness (QED) is 0.315. The zero-order valence-electron chi connectivity index (χ0n) is 23.1. The molecule has 0 saturated carbocycles. The van der Waals surface area contributed by atoms with E-state index in [1.54, 1.807) is 29.2 Å². The predicted octanol–water partition coefficient (Wildman–Crippen LogP) is 3.97. The van der Waals surface area contributed by atoms with Crippen LogP contribution in [0.15, 0.2) is 97.7 Å². The predicted molar refractivity (Wildman–Crippen MR) is 157 cm³/mol.